The van der Waals surface area contributed by atoms with Crippen molar-refractivity contribution < 1.29 is 0 Å². The van der Waals surface area contributed by atoms with Crippen molar-refractivity contribution in [2.45, 2.75) is 0 Å². The Kier molecular flexibility index (Phi) is 10.2. The molecule has 0 aliphatic carbocycles. The Labute approximate surface area is 306 Å². The van der Waals surface area contributed by atoms with Gasteiger partial charge in [0, 0.05) is 50.1 Å². The summed E-state index contributed by atoms with van der Waals surface area (Å²) in [6.45, 7) is 0. The Balaban J connectivity index is 0.925. The molecule has 0 saturated carbocycles. The third kappa shape index (κ3) is 8.87. The monoisotopic (exact) mass is 654 g/mol. The number of rotatable bonds is 2. The van der Waals surface area contributed by atoms with Crippen LogP contribution in [0.2, 0.25) is 0 Å². The summed E-state index contributed by atoms with van der Waals surface area (Å²) in [6.07, 6.45) is 5.42. The zero-order valence-electron chi connectivity index (χ0n) is 28.3. The van der Waals surface area contributed by atoms with Crippen LogP contribution in [-0.4, -0.2) is 0 Å². The molecule has 0 aliphatic rings. The molecule has 0 fully saturated rings. The van der Waals surface area contributed by atoms with E-state index in [0.29, 0.717) is 0 Å². The molecule has 52 heavy (non-hydrogen) atoms. The molecule has 0 amide bonds. The largest absolute Gasteiger partial charge is 0.115 e. The molecule has 7 aromatic carbocycles. The summed E-state index contributed by atoms with van der Waals surface area (Å²) < 4.78 is 0. The van der Waals surface area contributed by atoms with E-state index in [-0.39, 0.29) is 0 Å². The fraction of sp³-hybridized carbons (Fsp3) is 0. The smallest absolute Gasteiger partial charge is 0.0249 e. The van der Waals surface area contributed by atoms with Crippen molar-refractivity contribution in [1.82, 2.24) is 0 Å². The maximum Gasteiger partial charge on any atom is 0.0249 e. The van der Waals surface area contributed by atoms with Crippen LogP contribution >= 0.6 is 0 Å². The van der Waals surface area contributed by atoms with E-state index in [0.717, 1.165) is 61.2 Å². The lowest BCUT2D eigenvalue weighted by Crippen LogP contribution is -1.82. The van der Waals surface area contributed by atoms with Crippen molar-refractivity contribution in [3.63, 3.8) is 0 Å². The van der Waals surface area contributed by atoms with Crippen LogP contribution in [0.1, 0.15) is 50.1 Å². The van der Waals surface area contributed by atoms with Crippen molar-refractivity contribution in [1.29, 1.82) is 0 Å². The molecule has 0 radical (unpaired) electrons. The predicted octanol–water partition coefficient (Wildman–Crippen LogP) is 10.6. The lowest BCUT2D eigenvalue weighted by atomic mass is 10.0. The first-order valence-electron chi connectivity index (χ1n) is 16.9. The van der Waals surface area contributed by atoms with Crippen LogP contribution in [0.25, 0.3) is 22.3 Å². The van der Waals surface area contributed by atoms with Gasteiger partial charge in [0.05, 0.1) is 0 Å². The molecule has 0 aliphatic heterocycles. The molecule has 0 spiro atoms. The number of hydrogen-bond acceptors (Lipinski definition) is 0. The minimum absolute atomic E-state index is 0.849. The maximum absolute atomic E-state index is 5.42. The molecule has 7 aromatic rings. The molecule has 0 heterocycles. The van der Waals surface area contributed by atoms with E-state index < -0.39 is 0 Å². The van der Waals surface area contributed by atoms with Gasteiger partial charge in [-0.1, -0.05) is 120 Å². The van der Waals surface area contributed by atoms with E-state index in [1.165, 1.54) is 11.1 Å². The number of terminal acetylenes is 1. The maximum atomic E-state index is 5.42. The summed E-state index contributed by atoms with van der Waals surface area (Å²) in [4.78, 5) is 0. The van der Waals surface area contributed by atoms with Crippen molar-refractivity contribution in [3.8, 4) is 82.0 Å². The second kappa shape index (κ2) is 16.2. The summed E-state index contributed by atoms with van der Waals surface area (Å²) >= 11 is 0. The standard InChI is InChI=1S/C52H30/c1-2-40-8-10-41(11-9-40)12-13-42-14-16-43(17-15-42)23-26-47-30-36-51(37-31-47)52-38-32-48(33-39-52)27-24-45-20-18-44(19-21-45)22-25-46-28-34-50(35-29-46)49-6-4-3-5-7-49/h1,3-11,14-21,28-39H. The van der Waals surface area contributed by atoms with Crippen LogP contribution in [-0.2, 0) is 0 Å². The van der Waals surface area contributed by atoms with Gasteiger partial charge in [-0.05, 0) is 131 Å². The van der Waals surface area contributed by atoms with E-state index in [2.05, 4.69) is 150 Å². The number of hydrogen-bond donors (Lipinski definition) is 0. The van der Waals surface area contributed by atoms with Gasteiger partial charge < -0.3 is 0 Å². The van der Waals surface area contributed by atoms with Gasteiger partial charge in [-0.15, -0.1) is 6.42 Å². The molecule has 0 bridgehead atoms. The second-order valence-corrected chi connectivity index (χ2v) is 12.0. The van der Waals surface area contributed by atoms with Crippen molar-refractivity contribution in [3.05, 3.63) is 226 Å². The SMILES string of the molecule is C#Cc1ccc(C#Cc2ccc(C#Cc3ccc(-c4ccc(C#Cc5ccc(C#Cc6ccc(-c7ccccc7)cc6)cc5)cc4)cc3)cc2)cc1. The average molecular weight is 655 g/mol. The van der Waals surface area contributed by atoms with Crippen LogP contribution < -0.4 is 0 Å². The quantitative estimate of drug-likeness (QED) is 0.163. The molecule has 0 nitrogen and oxygen atoms in total. The zero-order chi connectivity index (χ0) is 35.4. The average Bonchev–Trinajstić information content (AvgIpc) is 3.22. The van der Waals surface area contributed by atoms with Crippen LogP contribution in [0.5, 0.6) is 0 Å². The summed E-state index contributed by atoms with van der Waals surface area (Å²) in [5, 5.41) is 0. The fourth-order valence-electron chi connectivity index (χ4n) is 5.37. The van der Waals surface area contributed by atoms with Crippen molar-refractivity contribution >= 4 is 0 Å². The molecular weight excluding hydrogens is 625 g/mol. The van der Waals surface area contributed by atoms with E-state index >= 15 is 0 Å². The Morgan fingerprint density at radius 3 is 0.635 bits per heavy atom. The Morgan fingerprint density at radius 2 is 0.404 bits per heavy atom. The fourth-order valence-corrected chi connectivity index (χ4v) is 5.37. The summed E-state index contributed by atoms with van der Waals surface area (Å²) in [7, 11) is 0. The molecule has 238 valence electrons. The predicted molar refractivity (Wildman–Crippen MR) is 215 cm³/mol. The summed E-state index contributed by atoms with van der Waals surface area (Å²) in [5.41, 5.74) is 13.1. The molecule has 0 atom stereocenters. The molecule has 0 saturated heterocycles. The molecule has 0 N–H and O–H groups in total. The Bertz CT molecular complexity index is 2600. The van der Waals surface area contributed by atoms with Gasteiger partial charge in [0.2, 0.25) is 0 Å². The lowest BCUT2D eigenvalue weighted by molar-refractivity contribution is 1.56. The van der Waals surface area contributed by atoms with Gasteiger partial charge in [0.1, 0.15) is 0 Å². The normalized spacial score (nSPS) is 9.67. The highest BCUT2D eigenvalue weighted by molar-refractivity contribution is 5.66. The van der Waals surface area contributed by atoms with E-state index in [9.17, 15) is 0 Å². The van der Waals surface area contributed by atoms with Gasteiger partial charge in [-0.2, -0.15) is 0 Å². The zero-order valence-corrected chi connectivity index (χ0v) is 28.3. The van der Waals surface area contributed by atoms with Crippen LogP contribution in [0.15, 0.2) is 176 Å². The third-order valence-corrected chi connectivity index (χ3v) is 8.32. The van der Waals surface area contributed by atoms with Gasteiger partial charge >= 0.3 is 0 Å². The van der Waals surface area contributed by atoms with Gasteiger partial charge in [-0.25, -0.2) is 0 Å². The van der Waals surface area contributed by atoms with Crippen molar-refractivity contribution in [2.24, 2.45) is 0 Å². The number of benzene rings is 7. The highest BCUT2D eigenvalue weighted by atomic mass is 14.0. The topological polar surface area (TPSA) is 0 Å². The summed E-state index contributed by atoms with van der Waals surface area (Å²) in [6, 6.07) is 59.0. The van der Waals surface area contributed by atoms with E-state index in [1.807, 2.05) is 78.9 Å². The second-order valence-electron chi connectivity index (χ2n) is 12.0. The van der Waals surface area contributed by atoms with Gasteiger partial charge in [0.25, 0.3) is 0 Å². The van der Waals surface area contributed by atoms with E-state index in [1.54, 1.807) is 0 Å². The minimum Gasteiger partial charge on any atom is -0.115 e. The van der Waals surface area contributed by atoms with Crippen molar-refractivity contribution in [2.75, 3.05) is 0 Å². The highest BCUT2D eigenvalue weighted by Gasteiger charge is 1.99. The van der Waals surface area contributed by atoms with Crippen LogP contribution in [0.3, 0.4) is 0 Å². The Morgan fingerprint density at radius 1 is 0.212 bits per heavy atom. The minimum atomic E-state index is 0.849. The first-order valence-corrected chi connectivity index (χ1v) is 16.9. The molecule has 0 aromatic heterocycles. The first kappa shape index (κ1) is 32.9. The van der Waals surface area contributed by atoms with Gasteiger partial charge in [-0.3, -0.25) is 0 Å². The molecule has 0 heteroatoms. The van der Waals surface area contributed by atoms with Gasteiger partial charge in [0.15, 0.2) is 0 Å². The molecular formula is C52H30. The third-order valence-electron chi connectivity index (χ3n) is 8.32. The Hall–Kier alpha value is -7.66. The van der Waals surface area contributed by atoms with Crippen LogP contribution in [0, 0.1) is 59.7 Å². The molecule has 7 rings (SSSR count). The van der Waals surface area contributed by atoms with Crippen LogP contribution in [0.4, 0.5) is 0 Å². The molecule has 0 unspecified atom stereocenters. The summed E-state index contributed by atoms with van der Waals surface area (Å²) in [5.74, 6) is 28.6. The highest BCUT2D eigenvalue weighted by Crippen LogP contribution is 2.21. The first-order chi connectivity index (χ1) is 25.7. The lowest BCUT2D eigenvalue weighted by Gasteiger charge is -2.02. The van der Waals surface area contributed by atoms with E-state index in [4.69, 9.17) is 6.42 Å².